The predicted molar refractivity (Wildman–Crippen MR) is 112 cm³/mol. The van der Waals surface area contributed by atoms with E-state index >= 15 is 0 Å². The Morgan fingerprint density at radius 1 is 1.19 bits per heavy atom. The quantitative estimate of drug-likeness (QED) is 0.414. The number of rotatable bonds is 8. The molecule has 1 fully saturated rings. The summed E-state index contributed by atoms with van der Waals surface area (Å²) in [4.78, 5) is 7.36. The highest BCUT2D eigenvalue weighted by Gasteiger charge is 2.22. The van der Waals surface area contributed by atoms with Gasteiger partial charge >= 0.3 is 0 Å². The molecule has 1 saturated heterocycles. The first-order valence-electron chi connectivity index (χ1n) is 10.2. The minimum Gasteiger partial charge on any atom is -0.355 e. The number of guanidine groups is 1. The minimum absolute atomic E-state index is 0.500. The van der Waals surface area contributed by atoms with Crippen molar-refractivity contribution >= 4 is 5.96 Å². The lowest BCUT2D eigenvalue weighted by atomic mass is 10.0. The fourth-order valence-electron chi connectivity index (χ4n) is 3.50. The number of hydrogen-bond acceptors (Lipinski definition) is 4. The van der Waals surface area contributed by atoms with Gasteiger partial charge in [0.2, 0.25) is 0 Å². The van der Waals surface area contributed by atoms with Gasteiger partial charge in [-0.25, -0.2) is 4.99 Å². The first-order valence-corrected chi connectivity index (χ1v) is 10.2. The molecule has 7 nitrogen and oxygen atoms in total. The average Bonchev–Trinajstić information content (AvgIpc) is 2.84. The van der Waals surface area contributed by atoms with Gasteiger partial charge in [0.15, 0.2) is 11.8 Å². The van der Waals surface area contributed by atoms with E-state index in [1.807, 2.05) is 24.6 Å². The molecule has 0 aliphatic carbocycles. The van der Waals surface area contributed by atoms with Gasteiger partial charge in [0.05, 0.1) is 0 Å². The molecule has 2 rings (SSSR count). The largest absolute Gasteiger partial charge is 0.355 e. The van der Waals surface area contributed by atoms with Gasteiger partial charge in [0.25, 0.3) is 0 Å². The average molecular weight is 376 g/mol. The maximum Gasteiger partial charge on any atom is 0.192 e. The van der Waals surface area contributed by atoms with Crippen LogP contribution in [0, 0.1) is 12.8 Å². The molecule has 0 bridgehead atoms. The second-order valence-corrected chi connectivity index (χ2v) is 7.70. The van der Waals surface area contributed by atoms with Crippen molar-refractivity contribution in [3.63, 3.8) is 0 Å². The van der Waals surface area contributed by atoms with Crippen LogP contribution in [0.15, 0.2) is 17.6 Å². The molecule has 1 aliphatic rings. The van der Waals surface area contributed by atoms with E-state index in [9.17, 15) is 0 Å². The van der Waals surface area contributed by atoms with Crippen molar-refractivity contribution in [1.29, 1.82) is 0 Å². The number of hydrogen-bond donors (Lipinski definition) is 2. The summed E-state index contributed by atoms with van der Waals surface area (Å²) in [5.74, 6) is 3.16. The number of nitrogens with zero attached hydrogens (tertiary/aromatic N) is 5. The van der Waals surface area contributed by atoms with Crippen LogP contribution in [0.2, 0.25) is 0 Å². The van der Waals surface area contributed by atoms with Crippen LogP contribution >= 0.6 is 0 Å². The molecule has 0 aromatic carbocycles. The Bertz CT molecular complexity index is 597. The molecular weight excluding hydrogens is 338 g/mol. The molecule has 1 aromatic heterocycles. The first-order chi connectivity index (χ1) is 13.0. The van der Waals surface area contributed by atoms with E-state index in [4.69, 9.17) is 4.99 Å². The molecular formula is C20H37N7. The highest BCUT2D eigenvalue weighted by Crippen LogP contribution is 2.17. The maximum atomic E-state index is 4.71. The van der Waals surface area contributed by atoms with Gasteiger partial charge in [-0.05, 0) is 38.8 Å². The molecule has 27 heavy (non-hydrogen) atoms. The van der Waals surface area contributed by atoms with Crippen molar-refractivity contribution < 1.29 is 0 Å². The lowest BCUT2D eigenvalue weighted by Gasteiger charge is -2.34. The standard InChI is InChI=1S/C20H37N7/c1-6-11-21-20(23-15-19-25-24-17(4)26(19)5)22-14-18(16(2)3)27-12-9-7-8-10-13-27/h6,16,18H,1,7-15H2,2-5H3,(H2,21,22,23). The smallest absolute Gasteiger partial charge is 0.192 e. The van der Waals surface area contributed by atoms with Crippen molar-refractivity contribution in [2.45, 2.75) is 59.0 Å². The van der Waals surface area contributed by atoms with E-state index in [2.05, 4.69) is 46.2 Å². The Labute approximate surface area is 164 Å². The summed E-state index contributed by atoms with van der Waals surface area (Å²) in [5, 5.41) is 15.2. The van der Waals surface area contributed by atoms with Gasteiger partial charge in [-0.15, -0.1) is 16.8 Å². The Balaban J connectivity index is 2.00. The number of aliphatic imine (C=N–C) groups is 1. The second-order valence-electron chi connectivity index (χ2n) is 7.70. The van der Waals surface area contributed by atoms with Gasteiger partial charge < -0.3 is 15.2 Å². The van der Waals surface area contributed by atoms with E-state index in [-0.39, 0.29) is 0 Å². The summed E-state index contributed by atoms with van der Waals surface area (Å²) >= 11 is 0. The van der Waals surface area contributed by atoms with Gasteiger partial charge in [0.1, 0.15) is 12.4 Å². The summed E-state index contributed by atoms with van der Waals surface area (Å²) in [6.07, 6.45) is 7.19. The van der Waals surface area contributed by atoms with Crippen molar-refractivity contribution in [1.82, 2.24) is 30.3 Å². The van der Waals surface area contributed by atoms with E-state index in [0.717, 1.165) is 24.2 Å². The highest BCUT2D eigenvalue weighted by atomic mass is 15.3. The molecule has 2 N–H and O–H groups in total. The first kappa shape index (κ1) is 21.4. The summed E-state index contributed by atoms with van der Waals surface area (Å²) in [6.45, 7) is 14.8. The lowest BCUT2D eigenvalue weighted by Crippen LogP contribution is -2.49. The number of aryl methyl sites for hydroxylation is 1. The second kappa shape index (κ2) is 11.1. The SMILES string of the molecule is C=CCNC(=NCc1nnc(C)n1C)NCC(C(C)C)N1CCCCCC1. The summed E-state index contributed by atoms with van der Waals surface area (Å²) in [5.41, 5.74) is 0. The van der Waals surface area contributed by atoms with Crippen LogP contribution in [0.25, 0.3) is 0 Å². The molecule has 1 unspecified atom stereocenters. The fraction of sp³-hybridized carbons (Fsp3) is 0.750. The predicted octanol–water partition coefficient (Wildman–Crippen LogP) is 2.25. The van der Waals surface area contributed by atoms with Crippen LogP contribution in [0.4, 0.5) is 0 Å². The van der Waals surface area contributed by atoms with Crippen molar-refractivity contribution in [3.05, 3.63) is 24.3 Å². The zero-order valence-electron chi connectivity index (χ0n) is 17.5. The van der Waals surface area contributed by atoms with Crippen molar-refractivity contribution in [2.24, 2.45) is 18.0 Å². The third-order valence-corrected chi connectivity index (χ3v) is 5.33. The molecule has 0 radical (unpaired) electrons. The summed E-state index contributed by atoms with van der Waals surface area (Å²) in [6, 6.07) is 0.510. The molecule has 1 atom stereocenters. The van der Waals surface area contributed by atoms with Crippen LogP contribution in [0.3, 0.4) is 0 Å². The molecule has 0 saturated carbocycles. The lowest BCUT2D eigenvalue weighted by molar-refractivity contribution is 0.161. The minimum atomic E-state index is 0.500. The van der Waals surface area contributed by atoms with Gasteiger partial charge in [-0.3, -0.25) is 4.90 Å². The number of aromatic nitrogens is 3. The molecule has 1 aromatic rings. The van der Waals surface area contributed by atoms with E-state index in [0.29, 0.717) is 25.0 Å². The number of nitrogens with one attached hydrogen (secondary N) is 2. The molecule has 0 amide bonds. The topological polar surface area (TPSA) is 70.4 Å². The van der Waals surface area contributed by atoms with Crippen LogP contribution in [-0.2, 0) is 13.6 Å². The van der Waals surface area contributed by atoms with Crippen LogP contribution < -0.4 is 10.6 Å². The zero-order valence-corrected chi connectivity index (χ0v) is 17.5. The molecule has 2 heterocycles. The maximum absolute atomic E-state index is 4.71. The molecule has 7 heteroatoms. The third-order valence-electron chi connectivity index (χ3n) is 5.33. The Hall–Kier alpha value is -1.89. The third kappa shape index (κ3) is 6.65. The monoisotopic (exact) mass is 375 g/mol. The van der Waals surface area contributed by atoms with Crippen molar-refractivity contribution in [2.75, 3.05) is 26.2 Å². The van der Waals surface area contributed by atoms with E-state index in [1.165, 1.54) is 38.8 Å². The molecule has 152 valence electrons. The summed E-state index contributed by atoms with van der Waals surface area (Å²) < 4.78 is 1.97. The van der Waals surface area contributed by atoms with Gasteiger partial charge in [-0.1, -0.05) is 32.8 Å². The normalized spacial score (nSPS) is 17.6. The zero-order chi connectivity index (χ0) is 19.6. The van der Waals surface area contributed by atoms with Crippen LogP contribution in [-0.4, -0.2) is 57.8 Å². The Kier molecular flexibility index (Phi) is 8.78. The fourth-order valence-corrected chi connectivity index (χ4v) is 3.50. The van der Waals surface area contributed by atoms with Crippen molar-refractivity contribution in [3.8, 4) is 0 Å². The van der Waals surface area contributed by atoms with Gasteiger partial charge in [0, 0.05) is 26.2 Å². The van der Waals surface area contributed by atoms with Crippen LogP contribution in [0.1, 0.15) is 51.2 Å². The highest BCUT2D eigenvalue weighted by molar-refractivity contribution is 5.79. The molecule has 1 aliphatic heterocycles. The van der Waals surface area contributed by atoms with Crippen LogP contribution in [0.5, 0.6) is 0 Å². The Morgan fingerprint density at radius 2 is 1.89 bits per heavy atom. The summed E-state index contributed by atoms with van der Waals surface area (Å²) in [7, 11) is 1.97. The van der Waals surface area contributed by atoms with E-state index < -0.39 is 0 Å². The van der Waals surface area contributed by atoms with Gasteiger partial charge in [-0.2, -0.15) is 0 Å². The Morgan fingerprint density at radius 3 is 2.44 bits per heavy atom. The van der Waals surface area contributed by atoms with E-state index in [1.54, 1.807) is 0 Å². The molecule has 0 spiro atoms. The number of likely N-dealkylation sites (tertiary alicyclic amines) is 1.